The second kappa shape index (κ2) is 5.66. The Morgan fingerprint density at radius 1 is 0.933 bits per heavy atom. The maximum absolute atomic E-state index is 13.6. The molecule has 2 atom stereocenters. The Balaban J connectivity index is 1.63. The van der Waals surface area contributed by atoms with Crippen LogP contribution in [0.2, 0.25) is 0 Å². The average Bonchev–Trinajstić information content (AvgIpc) is 3.37. The van der Waals surface area contributed by atoms with E-state index in [1.807, 2.05) is 24.3 Å². The highest BCUT2D eigenvalue weighted by atomic mass is 16.6. The summed E-state index contributed by atoms with van der Waals surface area (Å²) in [6, 6.07) is 17.7. The first-order valence-corrected chi connectivity index (χ1v) is 9.77. The zero-order valence-electron chi connectivity index (χ0n) is 15.7. The number of carbonyl (C=O) groups excluding carboxylic acids is 2. The third-order valence-corrected chi connectivity index (χ3v) is 6.85. The van der Waals surface area contributed by atoms with Crippen LogP contribution < -0.4 is 0 Å². The normalized spacial score (nSPS) is 28.3. The van der Waals surface area contributed by atoms with Crippen molar-refractivity contribution in [2.24, 2.45) is 11.8 Å². The smallest absolute Gasteiger partial charge is 0.284 e. The van der Waals surface area contributed by atoms with Gasteiger partial charge < -0.3 is 4.42 Å². The van der Waals surface area contributed by atoms with E-state index in [1.165, 1.54) is 6.26 Å². The minimum atomic E-state index is -1.78. The number of hydrogen-bond acceptors (Lipinski definition) is 5. The second-order valence-electron chi connectivity index (χ2n) is 8.02. The van der Waals surface area contributed by atoms with Gasteiger partial charge in [-0.3, -0.25) is 24.6 Å². The summed E-state index contributed by atoms with van der Waals surface area (Å²) in [6.07, 6.45) is 1.47. The lowest BCUT2D eigenvalue weighted by Crippen LogP contribution is -2.57. The number of nitro groups is 1. The average molecular weight is 400 g/mol. The second-order valence-corrected chi connectivity index (χ2v) is 8.02. The van der Waals surface area contributed by atoms with Gasteiger partial charge in [-0.2, -0.15) is 0 Å². The van der Waals surface area contributed by atoms with Crippen LogP contribution in [0.3, 0.4) is 0 Å². The Labute approximate surface area is 171 Å². The molecule has 2 bridgehead atoms. The summed E-state index contributed by atoms with van der Waals surface area (Å²) >= 11 is 0. The molecule has 7 rings (SSSR count). The van der Waals surface area contributed by atoms with Gasteiger partial charge in [0.05, 0.1) is 18.7 Å². The predicted octanol–water partition coefficient (Wildman–Crippen LogP) is 3.06. The van der Waals surface area contributed by atoms with Crippen molar-refractivity contribution in [2.75, 3.05) is 0 Å². The summed E-state index contributed by atoms with van der Waals surface area (Å²) in [4.78, 5) is 40.6. The van der Waals surface area contributed by atoms with E-state index in [0.717, 1.165) is 16.0 Å². The van der Waals surface area contributed by atoms with E-state index in [9.17, 15) is 19.7 Å². The molecule has 7 nitrogen and oxygen atoms in total. The van der Waals surface area contributed by atoms with Gasteiger partial charge in [-0.05, 0) is 23.3 Å². The van der Waals surface area contributed by atoms with Crippen molar-refractivity contribution in [3.63, 3.8) is 0 Å². The van der Waals surface area contributed by atoms with Crippen molar-refractivity contribution in [1.82, 2.24) is 4.90 Å². The van der Waals surface area contributed by atoms with Crippen molar-refractivity contribution in [2.45, 2.75) is 18.0 Å². The number of nitrogens with zero attached hydrogens (tertiary/aromatic N) is 2. The van der Waals surface area contributed by atoms with Crippen LogP contribution in [0.15, 0.2) is 71.3 Å². The predicted molar refractivity (Wildman–Crippen MR) is 104 cm³/mol. The van der Waals surface area contributed by atoms with Crippen LogP contribution in [0.5, 0.6) is 0 Å². The number of amides is 2. The van der Waals surface area contributed by atoms with E-state index in [2.05, 4.69) is 0 Å². The van der Waals surface area contributed by atoms with Crippen LogP contribution in [0, 0.1) is 22.0 Å². The SMILES string of the molecule is O=C1[C@H]2C3c4ccccc4C([N+](=O)[O-])(c4ccccc43)[C@H]2C(=O)N1Cc1ccco1. The van der Waals surface area contributed by atoms with Crippen LogP contribution in [-0.2, 0) is 21.7 Å². The highest BCUT2D eigenvalue weighted by Crippen LogP contribution is 2.64. The molecule has 1 saturated heterocycles. The number of rotatable bonds is 3. The van der Waals surface area contributed by atoms with Crippen molar-refractivity contribution in [3.8, 4) is 0 Å². The summed E-state index contributed by atoms with van der Waals surface area (Å²) in [5, 5.41) is 12.8. The van der Waals surface area contributed by atoms with Gasteiger partial charge in [-0.15, -0.1) is 0 Å². The Bertz CT molecular complexity index is 1180. The van der Waals surface area contributed by atoms with E-state index >= 15 is 0 Å². The largest absolute Gasteiger partial charge is 0.467 e. The van der Waals surface area contributed by atoms with Crippen molar-refractivity contribution in [3.05, 3.63) is 105 Å². The van der Waals surface area contributed by atoms with Crippen LogP contribution >= 0.6 is 0 Å². The topological polar surface area (TPSA) is 93.7 Å². The molecular formula is C23H16N2O5. The quantitative estimate of drug-likeness (QED) is 0.383. The maximum Gasteiger partial charge on any atom is 0.284 e. The number of hydrogen-bond donors (Lipinski definition) is 0. The molecule has 1 aliphatic heterocycles. The van der Waals surface area contributed by atoms with Gasteiger partial charge in [0, 0.05) is 22.0 Å². The number of furan rings is 1. The number of benzene rings is 2. The highest BCUT2D eigenvalue weighted by Gasteiger charge is 2.74. The molecule has 0 radical (unpaired) electrons. The summed E-state index contributed by atoms with van der Waals surface area (Å²) in [6.45, 7) is -0.0229. The molecule has 1 fully saturated rings. The fourth-order valence-corrected chi connectivity index (χ4v) is 5.82. The van der Waals surface area contributed by atoms with Gasteiger partial charge in [0.1, 0.15) is 11.7 Å². The van der Waals surface area contributed by atoms with Gasteiger partial charge in [0.15, 0.2) is 0 Å². The van der Waals surface area contributed by atoms with Crippen molar-refractivity contribution in [1.29, 1.82) is 0 Å². The van der Waals surface area contributed by atoms with E-state index < -0.39 is 23.3 Å². The standard InChI is InChI=1S/C23H16N2O5/c26-21-19-18-14-7-1-3-9-16(14)23(25(28)29,17-10-4-2-8-15(17)18)20(19)22(27)24(21)12-13-6-5-11-30-13/h1-11,18-20H,12H2/t18?,19-,20+,23?/m0/s1. The first-order valence-electron chi connectivity index (χ1n) is 9.77. The summed E-state index contributed by atoms with van der Waals surface area (Å²) in [5.41, 5.74) is 0.768. The molecule has 148 valence electrons. The van der Waals surface area contributed by atoms with Crippen molar-refractivity contribution >= 4 is 11.8 Å². The van der Waals surface area contributed by atoms with Gasteiger partial charge in [0.25, 0.3) is 5.54 Å². The van der Waals surface area contributed by atoms with Crippen LogP contribution in [-0.4, -0.2) is 21.6 Å². The van der Waals surface area contributed by atoms with Crippen LogP contribution in [0.4, 0.5) is 0 Å². The Kier molecular flexibility index (Phi) is 3.23. The number of carbonyl (C=O) groups is 2. The fraction of sp³-hybridized carbons (Fsp3) is 0.217. The molecule has 2 amide bonds. The molecule has 0 saturated carbocycles. The first-order chi connectivity index (χ1) is 14.6. The monoisotopic (exact) mass is 400 g/mol. The molecule has 3 aliphatic carbocycles. The molecule has 30 heavy (non-hydrogen) atoms. The molecule has 0 unspecified atom stereocenters. The molecule has 0 N–H and O–H groups in total. The van der Waals surface area contributed by atoms with Crippen LogP contribution in [0.1, 0.15) is 33.9 Å². The van der Waals surface area contributed by atoms with Gasteiger partial charge in [-0.25, -0.2) is 0 Å². The van der Waals surface area contributed by atoms with E-state index in [4.69, 9.17) is 4.42 Å². The Hall–Kier alpha value is -3.74. The third-order valence-electron chi connectivity index (χ3n) is 6.85. The molecule has 1 aromatic heterocycles. The lowest BCUT2D eigenvalue weighted by Gasteiger charge is -2.48. The molecule has 2 aromatic carbocycles. The van der Waals surface area contributed by atoms with Gasteiger partial charge in [-0.1, -0.05) is 48.5 Å². The first kappa shape index (κ1) is 17.1. The van der Waals surface area contributed by atoms with Crippen LogP contribution in [0.25, 0.3) is 0 Å². The Morgan fingerprint density at radius 3 is 2.13 bits per heavy atom. The molecule has 3 aromatic rings. The lowest BCUT2D eigenvalue weighted by molar-refractivity contribution is -0.578. The highest BCUT2D eigenvalue weighted by molar-refractivity contribution is 6.08. The van der Waals surface area contributed by atoms with Crippen molar-refractivity contribution < 1.29 is 18.9 Å². The molecule has 7 heteroatoms. The summed E-state index contributed by atoms with van der Waals surface area (Å²) in [5.74, 6) is -2.68. The molecule has 0 spiro atoms. The minimum absolute atomic E-state index is 0.0229. The van der Waals surface area contributed by atoms with E-state index in [1.54, 1.807) is 36.4 Å². The zero-order chi connectivity index (χ0) is 20.6. The number of imide groups is 1. The third kappa shape index (κ3) is 1.81. The molecule has 2 heterocycles. The number of likely N-dealkylation sites (tertiary alicyclic amines) is 1. The summed E-state index contributed by atoms with van der Waals surface area (Å²) < 4.78 is 5.33. The Morgan fingerprint density at radius 2 is 1.57 bits per heavy atom. The van der Waals surface area contributed by atoms with E-state index in [0.29, 0.717) is 16.9 Å². The fourth-order valence-electron chi connectivity index (χ4n) is 5.82. The maximum atomic E-state index is 13.6. The zero-order valence-corrected chi connectivity index (χ0v) is 15.7. The van der Waals surface area contributed by atoms with E-state index in [-0.39, 0.29) is 23.3 Å². The van der Waals surface area contributed by atoms with Gasteiger partial charge in [0.2, 0.25) is 11.8 Å². The summed E-state index contributed by atoms with van der Waals surface area (Å²) in [7, 11) is 0. The molecular weight excluding hydrogens is 384 g/mol. The van der Waals surface area contributed by atoms with Gasteiger partial charge >= 0.3 is 0 Å². The lowest BCUT2D eigenvalue weighted by atomic mass is 9.51. The molecule has 4 aliphatic rings. The minimum Gasteiger partial charge on any atom is -0.467 e.